The van der Waals surface area contributed by atoms with Crippen molar-refractivity contribution in [1.29, 1.82) is 0 Å². The number of hydrogen-bond donors (Lipinski definition) is 1. The van der Waals surface area contributed by atoms with Gasteiger partial charge in [0.1, 0.15) is 17.3 Å². The van der Waals surface area contributed by atoms with Gasteiger partial charge in [0.25, 0.3) is 0 Å². The molecule has 0 unspecified atom stereocenters. The molecule has 0 bridgehead atoms. The highest BCUT2D eigenvalue weighted by Gasteiger charge is 2.39. The van der Waals surface area contributed by atoms with Crippen molar-refractivity contribution >= 4 is 45.0 Å². The van der Waals surface area contributed by atoms with Gasteiger partial charge in [-0.15, -0.1) is 0 Å². The zero-order valence-corrected chi connectivity index (χ0v) is 21.7. The quantitative estimate of drug-likeness (QED) is 0.443. The Kier molecular flexibility index (Phi) is 8.34. The van der Waals surface area contributed by atoms with Crippen molar-refractivity contribution in [2.45, 2.75) is 30.3 Å². The van der Waals surface area contributed by atoms with Crippen molar-refractivity contribution in [3.63, 3.8) is 0 Å². The second kappa shape index (κ2) is 11.3. The average Bonchev–Trinajstić information content (AvgIpc) is 3.52. The van der Waals surface area contributed by atoms with Crippen molar-refractivity contribution in [2.75, 3.05) is 39.9 Å². The fourth-order valence-corrected chi connectivity index (χ4v) is 6.22. The van der Waals surface area contributed by atoms with Gasteiger partial charge in [-0.3, -0.25) is 9.79 Å². The summed E-state index contributed by atoms with van der Waals surface area (Å²) in [6.45, 7) is 2.17. The summed E-state index contributed by atoms with van der Waals surface area (Å²) in [4.78, 5) is 18.5. The molecule has 0 radical (unpaired) electrons. The normalized spacial score (nSPS) is 15.7. The first-order chi connectivity index (χ1) is 16.8. The molecular weight excluding hydrogens is 511 g/mol. The number of likely N-dealkylation sites (N-methyl/N-ethyl adjacent to an activating group) is 1. The molecule has 0 atom stereocenters. The van der Waals surface area contributed by atoms with Crippen LogP contribution in [0.4, 0.5) is 0 Å². The molecular formula is C24H28Cl2N4O4S. The van der Waals surface area contributed by atoms with Crippen LogP contribution < -0.4 is 5.32 Å². The Hall–Kier alpha value is -2.17. The Bertz CT molecular complexity index is 1200. The van der Waals surface area contributed by atoms with E-state index < -0.39 is 10.0 Å². The van der Waals surface area contributed by atoms with Gasteiger partial charge >= 0.3 is 0 Å². The van der Waals surface area contributed by atoms with E-state index in [-0.39, 0.29) is 46.6 Å². The zero-order chi connectivity index (χ0) is 25.0. The molecule has 1 fully saturated rings. The van der Waals surface area contributed by atoms with E-state index in [0.717, 1.165) is 42.9 Å². The van der Waals surface area contributed by atoms with Gasteiger partial charge in [-0.05, 0) is 30.5 Å². The van der Waals surface area contributed by atoms with Crippen LogP contribution in [-0.2, 0) is 26.1 Å². The SMILES string of the molecule is CN(Cc1ccc(C2=NCCN2)cc1)C(=O)COCCN(C1CC1)S(=O)(=O)c1cccc(Cl)c1Cl. The number of carbonyl (C=O) groups is 1. The molecule has 2 aromatic rings. The van der Waals surface area contributed by atoms with E-state index in [0.29, 0.717) is 6.54 Å². The summed E-state index contributed by atoms with van der Waals surface area (Å²) < 4.78 is 33.3. The number of amidine groups is 1. The van der Waals surface area contributed by atoms with Crippen LogP contribution in [0, 0.1) is 0 Å². The molecule has 1 amide bonds. The number of ether oxygens (including phenoxy) is 1. The van der Waals surface area contributed by atoms with E-state index in [9.17, 15) is 13.2 Å². The maximum Gasteiger partial charge on any atom is 0.248 e. The fraction of sp³-hybridized carbons (Fsp3) is 0.417. The molecule has 2 aliphatic rings. The second-order valence-electron chi connectivity index (χ2n) is 8.56. The molecule has 188 valence electrons. The van der Waals surface area contributed by atoms with Gasteiger partial charge in [0.05, 0.1) is 23.2 Å². The number of hydrogen-bond acceptors (Lipinski definition) is 6. The number of aliphatic imine (C=N–C) groups is 1. The molecule has 0 spiro atoms. The summed E-state index contributed by atoms with van der Waals surface area (Å²) in [6, 6.07) is 12.4. The molecule has 1 aliphatic heterocycles. The van der Waals surface area contributed by atoms with Gasteiger partial charge in [-0.1, -0.05) is 53.5 Å². The zero-order valence-electron chi connectivity index (χ0n) is 19.4. The second-order valence-corrected chi connectivity index (χ2v) is 11.2. The van der Waals surface area contributed by atoms with Gasteiger partial charge in [0.2, 0.25) is 15.9 Å². The van der Waals surface area contributed by atoms with Crippen LogP contribution in [0.2, 0.25) is 10.0 Å². The first-order valence-corrected chi connectivity index (χ1v) is 13.6. The predicted molar refractivity (Wildman–Crippen MR) is 137 cm³/mol. The van der Waals surface area contributed by atoms with Crippen LogP contribution in [0.15, 0.2) is 52.4 Å². The van der Waals surface area contributed by atoms with Gasteiger partial charge in [-0.25, -0.2) is 8.42 Å². The number of halogens is 2. The van der Waals surface area contributed by atoms with Crippen LogP contribution in [0.25, 0.3) is 0 Å². The van der Waals surface area contributed by atoms with E-state index >= 15 is 0 Å². The summed E-state index contributed by atoms with van der Waals surface area (Å²) in [5.74, 6) is 0.712. The van der Waals surface area contributed by atoms with Crippen molar-refractivity contribution in [3.05, 3.63) is 63.6 Å². The minimum atomic E-state index is -3.83. The molecule has 0 saturated heterocycles. The van der Waals surface area contributed by atoms with Gasteiger partial charge in [-0.2, -0.15) is 4.31 Å². The van der Waals surface area contributed by atoms with Crippen molar-refractivity contribution < 1.29 is 17.9 Å². The van der Waals surface area contributed by atoms with E-state index in [1.54, 1.807) is 24.1 Å². The summed E-state index contributed by atoms with van der Waals surface area (Å²) in [7, 11) is -2.12. The van der Waals surface area contributed by atoms with Crippen LogP contribution >= 0.6 is 23.2 Å². The highest BCUT2D eigenvalue weighted by atomic mass is 35.5. The standard InChI is InChI=1S/C24H28Cl2N4O4S/c1-29(15-17-5-7-18(8-6-17)24-27-11-12-28-24)22(31)16-34-14-13-30(19-9-10-19)35(32,33)21-4-2-3-20(25)23(21)26/h2-8,19H,9-16H2,1H3,(H,27,28). The lowest BCUT2D eigenvalue weighted by Crippen LogP contribution is -2.37. The first-order valence-electron chi connectivity index (χ1n) is 11.4. The highest BCUT2D eigenvalue weighted by Crippen LogP contribution is 2.36. The number of benzene rings is 2. The monoisotopic (exact) mass is 538 g/mol. The molecule has 1 heterocycles. The minimum absolute atomic E-state index is 0.0121. The van der Waals surface area contributed by atoms with Crippen LogP contribution in [0.5, 0.6) is 0 Å². The van der Waals surface area contributed by atoms with Crippen molar-refractivity contribution in [2.24, 2.45) is 4.99 Å². The molecule has 1 saturated carbocycles. The maximum absolute atomic E-state index is 13.2. The number of nitrogens with zero attached hydrogens (tertiary/aromatic N) is 3. The number of carbonyl (C=O) groups excluding carboxylic acids is 1. The third-order valence-corrected chi connectivity index (χ3v) is 8.81. The molecule has 11 heteroatoms. The fourth-order valence-electron chi connectivity index (χ4n) is 3.82. The van der Waals surface area contributed by atoms with Crippen molar-refractivity contribution in [1.82, 2.24) is 14.5 Å². The number of sulfonamides is 1. The molecule has 1 N–H and O–H groups in total. The number of amides is 1. The Balaban J connectivity index is 1.27. The van der Waals surface area contributed by atoms with E-state index in [1.807, 2.05) is 24.3 Å². The molecule has 35 heavy (non-hydrogen) atoms. The summed E-state index contributed by atoms with van der Waals surface area (Å²) in [5.41, 5.74) is 2.02. The Morgan fingerprint density at radius 2 is 1.91 bits per heavy atom. The highest BCUT2D eigenvalue weighted by molar-refractivity contribution is 7.89. The Morgan fingerprint density at radius 3 is 2.57 bits per heavy atom. The smallest absolute Gasteiger partial charge is 0.248 e. The van der Waals surface area contributed by atoms with E-state index in [2.05, 4.69) is 10.3 Å². The lowest BCUT2D eigenvalue weighted by atomic mass is 10.1. The average molecular weight is 539 g/mol. The Morgan fingerprint density at radius 1 is 1.17 bits per heavy atom. The van der Waals surface area contributed by atoms with Crippen LogP contribution in [0.1, 0.15) is 24.0 Å². The minimum Gasteiger partial charge on any atom is -0.370 e. The van der Waals surface area contributed by atoms with Gasteiger partial charge in [0.15, 0.2) is 0 Å². The number of rotatable bonds is 11. The summed E-state index contributed by atoms with van der Waals surface area (Å²) >= 11 is 12.2. The lowest BCUT2D eigenvalue weighted by molar-refractivity contribution is -0.135. The summed E-state index contributed by atoms with van der Waals surface area (Å²) in [5, 5.41) is 3.44. The molecule has 8 nitrogen and oxygen atoms in total. The van der Waals surface area contributed by atoms with Gasteiger partial charge in [0, 0.05) is 38.3 Å². The van der Waals surface area contributed by atoms with E-state index in [4.69, 9.17) is 27.9 Å². The Labute approximate surface area is 215 Å². The predicted octanol–water partition coefficient (Wildman–Crippen LogP) is 3.17. The molecule has 0 aromatic heterocycles. The van der Waals surface area contributed by atoms with E-state index in [1.165, 1.54) is 10.4 Å². The molecule has 4 rings (SSSR count). The largest absolute Gasteiger partial charge is 0.370 e. The van der Waals surface area contributed by atoms with Crippen molar-refractivity contribution in [3.8, 4) is 0 Å². The summed E-state index contributed by atoms with van der Waals surface area (Å²) in [6.07, 6.45) is 1.56. The third kappa shape index (κ3) is 6.34. The number of nitrogens with one attached hydrogen (secondary N) is 1. The van der Waals surface area contributed by atoms with Crippen LogP contribution in [0.3, 0.4) is 0 Å². The lowest BCUT2D eigenvalue weighted by Gasteiger charge is -2.23. The third-order valence-electron chi connectivity index (χ3n) is 5.89. The van der Waals surface area contributed by atoms with Crippen LogP contribution in [-0.4, -0.2) is 75.3 Å². The topological polar surface area (TPSA) is 91.3 Å². The molecule has 1 aliphatic carbocycles. The maximum atomic E-state index is 13.2. The van der Waals surface area contributed by atoms with Gasteiger partial charge < -0.3 is 15.0 Å². The molecule has 2 aromatic carbocycles. The first kappa shape index (κ1) is 25.9.